The van der Waals surface area contributed by atoms with E-state index in [9.17, 15) is 29.1 Å². The van der Waals surface area contributed by atoms with E-state index in [1.54, 1.807) is 22.9 Å². The third-order valence-electron chi connectivity index (χ3n) is 9.39. The first kappa shape index (κ1) is 34.9. The Balaban J connectivity index is 1.65. The Morgan fingerprint density at radius 3 is 2.41 bits per heavy atom. The van der Waals surface area contributed by atoms with Gasteiger partial charge in [0.05, 0.1) is 5.52 Å². The lowest BCUT2D eigenvalue weighted by Crippen LogP contribution is -2.64. The number of hydrogen-bond donors (Lipinski definition) is 4. The Kier molecular flexibility index (Phi) is 12.2. The SMILES string of the molecule is CC[C@@H](C)[C@@H]1NC(=O)[C@H](Cc2cn(OC)c3ccccc23)NC(=O)[C@H](CCCCCC(=O)[C@@H](C)O)NC(=O)[C@H]2CCCCN2C1=O. The summed E-state index contributed by atoms with van der Waals surface area (Å²) in [5.41, 5.74) is 1.58. The number of nitrogens with zero attached hydrogens (tertiary/aromatic N) is 2. The summed E-state index contributed by atoms with van der Waals surface area (Å²) in [6.45, 7) is 5.69. The summed E-state index contributed by atoms with van der Waals surface area (Å²) in [5.74, 6) is -2.07. The van der Waals surface area contributed by atoms with Crippen LogP contribution in [0.5, 0.6) is 0 Å². The number of aromatic nitrogens is 1. The normalized spacial score (nSPS) is 24.2. The molecule has 2 saturated heterocycles. The second-order valence-corrected chi connectivity index (χ2v) is 12.7. The number of aliphatic hydroxyl groups excluding tert-OH is 1. The molecular formula is C34H49N5O7. The summed E-state index contributed by atoms with van der Waals surface area (Å²) >= 11 is 0. The van der Waals surface area contributed by atoms with E-state index in [0.29, 0.717) is 38.6 Å². The number of fused-ring (bicyclic) bond motifs is 2. The molecule has 0 unspecified atom stereocenters. The monoisotopic (exact) mass is 639 g/mol. The minimum atomic E-state index is -1.04. The second-order valence-electron chi connectivity index (χ2n) is 12.7. The van der Waals surface area contributed by atoms with Gasteiger partial charge in [0.15, 0.2) is 5.78 Å². The van der Waals surface area contributed by atoms with Gasteiger partial charge < -0.3 is 30.8 Å². The Morgan fingerprint density at radius 1 is 0.978 bits per heavy atom. The van der Waals surface area contributed by atoms with E-state index >= 15 is 0 Å². The Bertz CT molecular complexity index is 1410. The molecule has 2 fully saturated rings. The highest BCUT2D eigenvalue weighted by Gasteiger charge is 2.41. The van der Waals surface area contributed by atoms with E-state index < -0.39 is 42.1 Å². The summed E-state index contributed by atoms with van der Waals surface area (Å²) in [7, 11) is 1.55. The number of nitrogens with one attached hydrogen (secondary N) is 3. The van der Waals surface area contributed by atoms with Crippen molar-refractivity contribution >= 4 is 40.3 Å². The number of aliphatic hydroxyl groups is 1. The molecule has 0 spiro atoms. The number of Topliss-reactive ketones (excluding diaryl/α,β-unsaturated/α-hetero) is 1. The maximum Gasteiger partial charge on any atom is 0.246 e. The highest BCUT2D eigenvalue weighted by atomic mass is 16.6. The van der Waals surface area contributed by atoms with Crippen molar-refractivity contribution in [1.82, 2.24) is 25.6 Å². The minimum absolute atomic E-state index is 0.129. The largest absolute Gasteiger partial charge is 0.417 e. The van der Waals surface area contributed by atoms with Crippen LogP contribution in [0.2, 0.25) is 0 Å². The Morgan fingerprint density at radius 2 is 1.70 bits per heavy atom. The summed E-state index contributed by atoms with van der Waals surface area (Å²) in [6.07, 6.45) is 5.73. The molecule has 0 saturated carbocycles. The average molecular weight is 640 g/mol. The average Bonchev–Trinajstić information content (AvgIpc) is 3.41. The molecule has 252 valence electrons. The fraction of sp³-hybridized carbons (Fsp3) is 0.618. The molecule has 12 nitrogen and oxygen atoms in total. The van der Waals surface area contributed by atoms with Crippen LogP contribution in [-0.2, 0) is 30.4 Å². The van der Waals surface area contributed by atoms with Crippen molar-refractivity contribution in [2.45, 2.75) is 115 Å². The number of carbonyl (C=O) groups is 5. The molecule has 46 heavy (non-hydrogen) atoms. The first-order valence-electron chi connectivity index (χ1n) is 16.6. The van der Waals surface area contributed by atoms with Crippen LogP contribution in [0.3, 0.4) is 0 Å². The lowest BCUT2D eigenvalue weighted by molar-refractivity contribution is -0.147. The van der Waals surface area contributed by atoms with Crippen molar-refractivity contribution < 1.29 is 33.9 Å². The number of ketones is 1. The quantitative estimate of drug-likeness (QED) is 0.259. The van der Waals surface area contributed by atoms with Gasteiger partial charge in [-0.25, -0.2) is 0 Å². The van der Waals surface area contributed by atoms with Gasteiger partial charge in [0.2, 0.25) is 23.6 Å². The van der Waals surface area contributed by atoms with Crippen LogP contribution in [-0.4, -0.2) is 88.1 Å². The highest BCUT2D eigenvalue weighted by Crippen LogP contribution is 2.24. The van der Waals surface area contributed by atoms with Crippen molar-refractivity contribution in [2.75, 3.05) is 13.7 Å². The molecule has 12 heteroatoms. The number of piperidine rings is 1. The molecule has 4 rings (SSSR count). The van der Waals surface area contributed by atoms with Crippen LogP contribution in [0.1, 0.15) is 84.1 Å². The number of para-hydroxylation sites is 1. The van der Waals surface area contributed by atoms with Gasteiger partial charge in [0.1, 0.15) is 37.4 Å². The van der Waals surface area contributed by atoms with Gasteiger partial charge in [-0.3, -0.25) is 24.0 Å². The van der Waals surface area contributed by atoms with Crippen LogP contribution < -0.4 is 20.8 Å². The zero-order valence-electron chi connectivity index (χ0n) is 27.4. The summed E-state index contributed by atoms with van der Waals surface area (Å²) in [5, 5.41) is 19.1. The second kappa shape index (κ2) is 16.1. The third kappa shape index (κ3) is 8.26. The first-order valence-corrected chi connectivity index (χ1v) is 16.6. The lowest BCUT2D eigenvalue weighted by Gasteiger charge is -2.39. The van der Waals surface area contributed by atoms with Gasteiger partial charge in [-0.05, 0) is 56.6 Å². The zero-order valence-corrected chi connectivity index (χ0v) is 27.4. The molecule has 0 bridgehead atoms. The van der Waals surface area contributed by atoms with E-state index in [1.807, 2.05) is 38.1 Å². The third-order valence-corrected chi connectivity index (χ3v) is 9.39. The molecule has 2 aromatic rings. The van der Waals surface area contributed by atoms with Gasteiger partial charge in [0.25, 0.3) is 0 Å². The van der Waals surface area contributed by atoms with E-state index in [0.717, 1.165) is 29.3 Å². The molecule has 1 aromatic carbocycles. The van der Waals surface area contributed by atoms with Gasteiger partial charge in [-0.2, -0.15) is 4.73 Å². The molecular weight excluding hydrogens is 590 g/mol. The topological polar surface area (TPSA) is 159 Å². The van der Waals surface area contributed by atoms with Crippen molar-refractivity contribution in [1.29, 1.82) is 0 Å². The molecule has 1 aromatic heterocycles. The maximum absolute atomic E-state index is 14.0. The van der Waals surface area contributed by atoms with Gasteiger partial charge in [0, 0.05) is 31.0 Å². The number of hydrogen-bond acceptors (Lipinski definition) is 7. The van der Waals surface area contributed by atoms with Gasteiger partial charge in [-0.1, -0.05) is 51.3 Å². The van der Waals surface area contributed by atoms with E-state index in [2.05, 4.69) is 16.0 Å². The van der Waals surface area contributed by atoms with Gasteiger partial charge >= 0.3 is 0 Å². The minimum Gasteiger partial charge on any atom is -0.417 e. The number of amides is 4. The number of unbranched alkanes of at least 4 members (excludes halogenated alkanes) is 2. The van der Waals surface area contributed by atoms with E-state index in [1.165, 1.54) is 6.92 Å². The van der Waals surface area contributed by atoms with Crippen LogP contribution in [0.4, 0.5) is 0 Å². The Hall–Kier alpha value is -3.93. The fourth-order valence-electron chi connectivity index (χ4n) is 6.39. The summed E-state index contributed by atoms with van der Waals surface area (Å²) in [4.78, 5) is 74.6. The number of rotatable bonds is 12. The fourth-order valence-corrected chi connectivity index (χ4v) is 6.39. The predicted octanol–water partition coefficient (Wildman–Crippen LogP) is 2.04. The van der Waals surface area contributed by atoms with Crippen LogP contribution in [0.15, 0.2) is 30.5 Å². The zero-order chi connectivity index (χ0) is 33.4. The standard InChI is InChI=1S/C34H49N5O7/c1-5-21(2)30-34(45)38-18-12-11-16-28(38)33(44)35-25(14-7-6-8-17-29(41)22(3)40)31(42)36-26(32(43)37-30)19-23-20-39(46-4)27-15-10-9-13-24(23)27/h9-10,13,15,20-22,25-26,28,30,40H,5-8,11-12,14,16-19H2,1-4H3,(H,35,44)(H,36,42)(H,37,43)/t21-,22-,25+,26+,28-,30+/m1/s1. The lowest BCUT2D eigenvalue weighted by atomic mass is 9.93. The Labute approximate surface area is 270 Å². The molecule has 6 atom stereocenters. The molecule has 0 radical (unpaired) electrons. The predicted molar refractivity (Wildman–Crippen MR) is 173 cm³/mol. The molecule has 4 N–H and O–H groups in total. The number of carbonyl (C=O) groups excluding carboxylic acids is 5. The van der Waals surface area contributed by atoms with Crippen LogP contribution >= 0.6 is 0 Å². The van der Waals surface area contributed by atoms with Crippen molar-refractivity contribution in [3.8, 4) is 0 Å². The molecule has 3 heterocycles. The highest BCUT2D eigenvalue weighted by molar-refractivity contribution is 5.98. The first-order chi connectivity index (χ1) is 22.0. The summed E-state index contributed by atoms with van der Waals surface area (Å²) < 4.78 is 1.60. The van der Waals surface area contributed by atoms with Crippen molar-refractivity contribution in [2.24, 2.45) is 5.92 Å². The van der Waals surface area contributed by atoms with E-state index in [-0.39, 0.29) is 42.8 Å². The molecule has 2 aliphatic heterocycles. The van der Waals surface area contributed by atoms with E-state index in [4.69, 9.17) is 4.84 Å². The smallest absolute Gasteiger partial charge is 0.246 e. The van der Waals surface area contributed by atoms with Crippen molar-refractivity contribution in [3.63, 3.8) is 0 Å². The van der Waals surface area contributed by atoms with Gasteiger partial charge in [-0.15, -0.1) is 0 Å². The summed E-state index contributed by atoms with van der Waals surface area (Å²) in [6, 6.07) is 4.01. The number of benzene rings is 1. The van der Waals surface area contributed by atoms with Crippen molar-refractivity contribution in [3.05, 3.63) is 36.0 Å². The van der Waals surface area contributed by atoms with Crippen LogP contribution in [0.25, 0.3) is 10.9 Å². The molecule has 4 amide bonds. The maximum atomic E-state index is 14.0. The molecule has 0 aliphatic carbocycles. The molecule has 2 aliphatic rings. The van der Waals surface area contributed by atoms with Crippen LogP contribution in [0, 0.1) is 5.92 Å².